The lowest BCUT2D eigenvalue weighted by Gasteiger charge is -2.31. The van der Waals surface area contributed by atoms with E-state index in [9.17, 15) is 23.1 Å². The molecule has 2 aromatic rings. The minimum Gasteiger partial charge on any atom is -0.365 e. The molecule has 0 saturated carbocycles. The van der Waals surface area contributed by atoms with Crippen molar-refractivity contribution in [1.82, 2.24) is 5.01 Å². The van der Waals surface area contributed by atoms with Crippen molar-refractivity contribution in [2.24, 2.45) is 5.10 Å². The highest BCUT2D eigenvalue weighted by Gasteiger charge is 2.53. The Morgan fingerprint density at radius 3 is 2.28 bits per heavy atom. The number of carbonyl (C=O) groups excluding carboxylic acids is 1. The van der Waals surface area contributed by atoms with E-state index in [0.717, 1.165) is 3.57 Å². The third-order valence-electron chi connectivity index (χ3n) is 3.83. The summed E-state index contributed by atoms with van der Waals surface area (Å²) >= 11 is 2.05. The summed E-state index contributed by atoms with van der Waals surface area (Å²) in [5.74, 6) is -0.804. The Hall–Kier alpha value is -1.94. The van der Waals surface area contributed by atoms with Crippen LogP contribution in [0.1, 0.15) is 22.3 Å². The third kappa shape index (κ3) is 3.40. The number of hydrazone groups is 1. The molecule has 1 unspecified atom stereocenters. The fourth-order valence-corrected chi connectivity index (χ4v) is 2.92. The first kappa shape index (κ1) is 17.9. The van der Waals surface area contributed by atoms with E-state index in [-0.39, 0.29) is 11.1 Å². The fourth-order valence-electron chi connectivity index (χ4n) is 2.56. The number of carbonyl (C=O) groups is 1. The average Bonchev–Trinajstić information content (AvgIpc) is 2.95. The van der Waals surface area contributed by atoms with Crippen LogP contribution < -0.4 is 0 Å². The monoisotopic (exact) mass is 460 g/mol. The van der Waals surface area contributed by atoms with Gasteiger partial charge in [0.15, 0.2) is 5.72 Å². The van der Waals surface area contributed by atoms with E-state index in [1.807, 2.05) is 22.6 Å². The SMILES string of the molecule is O=C(c1ccc(I)cc1)N1N=C(C(F)(F)F)CC1(O)c1ccccc1. The lowest BCUT2D eigenvalue weighted by atomic mass is 9.96. The molecular formula is C17H12F3IN2O2. The summed E-state index contributed by atoms with van der Waals surface area (Å²) in [5, 5.41) is 14.9. The maximum absolute atomic E-state index is 13.1. The highest BCUT2D eigenvalue weighted by Crippen LogP contribution is 2.40. The van der Waals surface area contributed by atoms with Crippen molar-refractivity contribution in [1.29, 1.82) is 0 Å². The van der Waals surface area contributed by atoms with Gasteiger partial charge in [0, 0.05) is 14.7 Å². The van der Waals surface area contributed by atoms with E-state index in [0.29, 0.717) is 5.01 Å². The summed E-state index contributed by atoms with van der Waals surface area (Å²) in [4.78, 5) is 12.7. The Morgan fingerprint density at radius 2 is 1.72 bits per heavy atom. The summed E-state index contributed by atoms with van der Waals surface area (Å²) in [6.07, 6.45) is -5.56. The fraction of sp³-hybridized carbons (Fsp3) is 0.176. The number of alkyl halides is 3. The van der Waals surface area contributed by atoms with Gasteiger partial charge in [-0.25, -0.2) is 0 Å². The molecule has 1 atom stereocenters. The molecule has 3 rings (SSSR count). The Labute approximate surface area is 155 Å². The van der Waals surface area contributed by atoms with Crippen LogP contribution in [-0.4, -0.2) is 27.9 Å². The van der Waals surface area contributed by atoms with Gasteiger partial charge in [0.1, 0.15) is 5.71 Å². The molecule has 0 spiro atoms. The minimum absolute atomic E-state index is 0.141. The van der Waals surface area contributed by atoms with Crippen LogP contribution in [0.4, 0.5) is 13.2 Å². The first-order valence-corrected chi connectivity index (χ1v) is 8.32. The van der Waals surface area contributed by atoms with Crippen LogP contribution in [0.5, 0.6) is 0 Å². The molecule has 8 heteroatoms. The van der Waals surface area contributed by atoms with Gasteiger partial charge < -0.3 is 5.11 Å². The molecule has 0 fully saturated rings. The zero-order chi connectivity index (χ0) is 18.2. The molecule has 130 valence electrons. The van der Waals surface area contributed by atoms with Gasteiger partial charge >= 0.3 is 6.18 Å². The third-order valence-corrected chi connectivity index (χ3v) is 4.55. The Bertz CT molecular complexity index is 822. The molecule has 4 nitrogen and oxygen atoms in total. The number of halogens is 4. The number of amides is 1. The molecule has 1 amide bonds. The number of hydrogen-bond donors (Lipinski definition) is 1. The van der Waals surface area contributed by atoms with E-state index in [1.54, 1.807) is 30.3 Å². The van der Waals surface area contributed by atoms with Crippen molar-refractivity contribution in [3.05, 3.63) is 69.3 Å². The highest BCUT2D eigenvalue weighted by atomic mass is 127. The van der Waals surface area contributed by atoms with Crippen LogP contribution in [0, 0.1) is 3.57 Å². The molecule has 0 saturated heterocycles. The molecule has 1 heterocycles. The molecule has 0 bridgehead atoms. The maximum Gasteiger partial charge on any atom is 0.431 e. The van der Waals surface area contributed by atoms with Gasteiger partial charge in [-0.2, -0.15) is 23.3 Å². The van der Waals surface area contributed by atoms with Crippen LogP contribution in [0.3, 0.4) is 0 Å². The molecule has 0 aromatic heterocycles. The quantitative estimate of drug-likeness (QED) is 0.692. The number of hydrogen-bond acceptors (Lipinski definition) is 3. The topological polar surface area (TPSA) is 52.9 Å². The van der Waals surface area contributed by atoms with Crippen molar-refractivity contribution in [2.45, 2.75) is 18.3 Å². The normalized spacial score (nSPS) is 20.5. The molecule has 0 radical (unpaired) electrons. The predicted molar refractivity (Wildman–Crippen MR) is 93.8 cm³/mol. The Kier molecular flexibility index (Phi) is 4.58. The van der Waals surface area contributed by atoms with Crippen LogP contribution >= 0.6 is 22.6 Å². The van der Waals surface area contributed by atoms with E-state index >= 15 is 0 Å². The summed E-state index contributed by atoms with van der Waals surface area (Å²) < 4.78 is 40.3. The average molecular weight is 460 g/mol. The van der Waals surface area contributed by atoms with Gasteiger partial charge in [0.05, 0.1) is 6.42 Å². The molecule has 25 heavy (non-hydrogen) atoms. The smallest absolute Gasteiger partial charge is 0.365 e. The standard InChI is InChI=1S/C17H12F3IN2O2/c18-17(19,20)14-10-16(25,12-4-2-1-3-5-12)23(22-14)15(24)11-6-8-13(21)9-7-11/h1-9,25H,10H2. The van der Waals surface area contributed by atoms with Crippen molar-refractivity contribution >= 4 is 34.2 Å². The van der Waals surface area contributed by atoms with Crippen LogP contribution in [0.2, 0.25) is 0 Å². The van der Waals surface area contributed by atoms with Gasteiger partial charge in [-0.1, -0.05) is 30.3 Å². The minimum atomic E-state index is -4.73. The van der Waals surface area contributed by atoms with Crippen molar-refractivity contribution < 1.29 is 23.1 Å². The Morgan fingerprint density at radius 1 is 1.12 bits per heavy atom. The summed E-state index contributed by atoms with van der Waals surface area (Å²) in [6, 6.07) is 14.0. The number of nitrogens with zero attached hydrogens (tertiary/aromatic N) is 2. The molecular weight excluding hydrogens is 448 g/mol. The van der Waals surface area contributed by atoms with Gasteiger partial charge in [-0.3, -0.25) is 4.79 Å². The molecule has 1 aliphatic heterocycles. The van der Waals surface area contributed by atoms with Crippen LogP contribution in [-0.2, 0) is 5.72 Å². The zero-order valence-corrected chi connectivity index (χ0v) is 14.8. The second-order valence-corrected chi connectivity index (χ2v) is 6.77. The van der Waals surface area contributed by atoms with Gasteiger partial charge in [0.2, 0.25) is 0 Å². The molecule has 2 aromatic carbocycles. The second kappa shape index (κ2) is 6.41. The largest absolute Gasteiger partial charge is 0.431 e. The summed E-state index contributed by atoms with van der Waals surface area (Å²) in [5.41, 5.74) is -3.08. The zero-order valence-electron chi connectivity index (χ0n) is 12.7. The van der Waals surface area contributed by atoms with Crippen molar-refractivity contribution in [3.63, 3.8) is 0 Å². The van der Waals surface area contributed by atoms with Gasteiger partial charge in [0.25, 0.3) is 5.91 Å². The number of benzene rings is 2. The maximum atomic E-state index is 13.1. The first-order chi connectivity index (χ1) is 11.7. The number of rotatable bonds is 2. The van der Waals surface area contributed by atoms with Crippen LogP contribution in [0.25, 0.3) is 0 Å². The lowest BCUT2D eigenvalue weighted by Crippen LogP contribution is -2.43. The van der Waals surface area contributed by atoms with E-state index < -0.39 is 29.9 Å². The Balaban J connectivity index is 2.06. The summed E-state index contributed by atoms with van der Waals surface area (Å²) in [6.45, 7) is 0. The molecule has 0 aliphatic carbocycles. The molecule has 1 N–H and O–H groups in total. The summed E-state index contributed by atoms with van der Waals surface area (Å²) in [7, 11) is 0. The van der Waals surface area contributed by atoms with Gasteiger partial charge in [-0.15, -0.1) is 0 Å². The first-order valence-electron chi connectivity index (χ1n) is 7.24. The van der Waals surface area contributed by atoms with Gasteiger partial charge in [-0.05, 0) is 46.9 Å². The van der Waals surface area contributed by atoms with Crippen molar-refractivity contribution in [3.8, 4) is 0 Å². The molecule has 1 aliphatic rings. The number of aliphatic hydroxyl groups is 1. The lowest BCUT2D eigenvalue weighted by molar-refractivity contribution is -0.0816. The van der Waals surface area contributed by atoms with E-state index in [1.165, 1.54) is 24.3 Å². The second-order valence-electron chi connectivity index (χ2n) is 5.53. The van der Waals surface area contributed by atoms with Crippen molar-refractivity contribution in [2.75, 3.05) is 0 Å². The van der Waals surface area contributed by atoms with E-state index in [4.69, 9.17) is 0 Å². The van der Waals surface area contributed by atoms with E-state index in [2.05, 4.69) is 5.10 Å². The highest BCUT2D eigenvalue weighted by molar-refractivity contribution is 14.1. The predicted octanol–water partition coefficient (Wildman–Crippen LogP) is 3.90. The van der Waals surface area contributed by atoms with Crippen LogP contribution in [0.15, 0.2) is 59.7 Å².